The molecule has 0 unspecified atom stereocenters. The molecule has 8 nitrogen and oxygen atoms in total. The molecule has 4 rings (SSSR count). The molecule has 0 radical (unpaired) electrons. The average molecular weight is 494 g/mol. The second-order valence-electron chi connectivity index (χ2n) is 8.54. The van der Waals surface area contributed by atoms with E-state index in [0.29, 0.717) is 22.4 Å². The maximum absolute atomic E-state index is 12.6. The number of fused-ring (bicyclic) bond motifs is 1. The van der Waals surface area contributed by atoms with Crippen molar-refractivity contribution in [2.75, 3.05) is 38.6 Å². The van der Waals surface area contributed by atoms with Crippen LogP contribution in [0.4, 0.5) is 10.8 Å². The number of carbonyl (C=O) groups is 2. The second kappa shape index (κ2) is 9.42. The predicted octanol–water partition coefficient (Wildman–Crippen LogP) is 4.74. The number of nitrogens with zero attached hydrogens (tertiary/aromatic N) is 2. The first kappa shape index (κ1) is 24.3. The molecule has 0 spiro atoms. The van der Waals surface area contributed by atoms with E-state index in [0.717, 1.165) is 28.1 Å². The highest BCUT2D eigenvalue weighted by Crippen LogP contribution is 2.43. The van der Waals surface area contributed by atoms with Gasteiger partial charge in [-0.05, 0) is 55.3 Å². The fourth-order valence-corrected chi connectivity index (χ4v) is 4.84. The van der Waals surface area contributed by atoms with E-state index < -0.39 is 5.41 Å². The van der Waals surface area contributed by atoms with Crippen LogP contribution < -0.4 is 24.4 Å². The van der Waals surface area contributed by atoms with E-state index in [1.807, 2.05) is 37.4 Å². The van der Waals surface area contributed by atoms with Crippen molar-refractivity contribution in [2.45, 2.75) is 19.3 Å². The molecule has 0 saturated heterocycles. The SMILES string of the molecule is COc1cc(/C=C/C(=O)Nc2nc(-c3ccc4c(c3)C(C)(C)C(=O)N4C)cs2)cc(OC)c1OC. The van der Waals surface area contributed by atoms with Gasteiger partial charge in [-0.3, -0.25) is 14.9 Å². The molecule has 0 aliphatic carbocycles. The van der Waals surface area contributed by atoms with Crippen LogP contribution in [0.2, 0.25) is 0 Å². The van der Waals surface area contributed by atoms with Gasteiger partial charge >= 0.3 is 0 Å². The number of hydrogen-bond donors (Lipinski definition) is 1. The van der Waals surface area contributed by atoms with E-state index in [1.54, 1.807) is 30.2 Å². The average Bonchev–Trinajstić information content (AvgIpc) is 3.39. The zero-order chi connectivity index (χ0) is 25.3. The van der Waals surface area contributed by atoms with Gasteiger partial charge in [0, 0.05) is 29.8 Å². The van der Waals surface area contributed by atoms with Crippen molar-refractivity contribution in [1.82, 2.24) is 4.98 Å². The number of aromatic nitrogens is 1. The molecule has 1 aliphatic heterocycles. The summed E-state index contributed by atoms with van der Waals surface area (Å²) in [5, 5.41) is 5.16. The lowest BCUT2D eigenvalue weighted by atomic mass is 9.85. The minimum atomic E-state index is -0.592. The summed E-state index contributed by atoms with van der Waals surface area (Å²) in [6.45, 7) is 3.85. The quantitative estimate of drug-likeness (QED) is 0.478. The lowest BCUT2D eigenvalue weighted by Gasteiger charge is -2.16. The van der Waals surface area contributed by atoms with Crippen molar-refractivity contribution < 1.29 is 23.8 Å². The highest BCUT2D eigenvalue weighted by atomic mass is 32.1. The third-order valence-electron chi connectivity index (χ3n) is 6.01. The van der Waals surface area contributed by atoms with Crippen LogP contribution in [-0.2, 0) is 15.0 Å². The van der Waals surface area contributed by atoms with E-state index in [1.165, 1.54) is 38.7 Å². The van der Waals surface area contributed by atoms with Gasteiger partial charge in [-0.25, -0.2) is 4.98 Å². The summed E-state index contributed by atoms with van der Waals surface area (Å²) >= 11 is 1.33. The summed E-state index contributed by atoms with van der Waals surface area (Å²) in [7, 11) is 6.40. The molecule has 182 valence electrons. The van der Waals surface area contributed by atoms with Gasteiger partial charge < -0.3 is 19.1 Å². The molecule has 3 aromatic rings. The summed E-state index contributed by atoms with van der Waals surface area (Å²) in [5.74, 6) is 1.23. The Bertz CT molecular complexity index is 1300. The summed E-state index contributed by atoms with van der Waals surface area (Å²) in [6.07, 6.45) is 3.07. The first-order valence-corrected chi connectivity index (χ1v) is 11.7. The number of rotatable bonds is 7. The van der Waals surface area contributed by atoms with Gasteiger partial charge in [0.1, 0.15) is 0 Å². The number of anilines is 2. The van der Waals surface area contributed by atoms with Gasteiger partial charge in [0.25, 0.3) is 0 Å². The molecule has 0 saturated carbocycles. The number of benzene rings is 2. The van der Waals surface area contributed by atoms with E-state index in [9.17, 15) is 9.59 Å². The Morgan fingerprint density at radius 1 is 1.09 bits per heavy atom. The minimum Gasteiger partial charge on any atom is -0.493 e. The van der Waals surface area contributed by atoms with Crippen LogP contribution in [0.1, 0.15) is 25.0 Å². The van der Waals surface area contributed by atoms with Gasteiger partial charge in [0.05, 0.1) is 32.4 Å². The molecule has 1 aliphatic rings. The highest BCUT2D eigenvalue weighted by molar-refractivity contribution is 7.14. The first-order valence-electron chi connectivity index (χ1n) is 10.9. The molecule has 1 N–H and O–H groups in total. The van der Waals surface area contributed by atoms with Crippen LogP contribution in [0, 0.1) is 0 Å². The Labute approximate surface area is 208 Å². The van der Waals surface area contributed by atoms with Crippen LogP contribution in [0.3, 0.4) is 0 Å². The van der Waals surface area contributed by atoms with E-state index in [4.69, 9.17) is 14.2 Å². The lowest BCUT2D eigenvalue weighted by molar-refractivity contribution is -0.121. The number of hydrogen-bond acceptors (Lipinski definition) is 7. The van der Waals surface area contributed by atoms with Crippen molar-refractivity contribution in [2.24, 2.45) is 0 Å². The molecule has 2 aromatic carbocycles. The third-order valence-corrected chi connectivity index (χ3v) is 6.77. The summed E-state index contributed by atoms with van der Waals surface area (Å²) < 4.78 is 16.0. The smallest absolute Gasteiger partial charge is 0.250 e. The maximum Gasteiger partial charge on any atom is 0.250 e. The molecule has 2 amide bonds. The van der Waals surface area contributed by atoms with E-state index in [2.05, 4.69) is 10.3 Å². The fourth-order valence-electron chi connectivity index (χ4n) is 4.11. The lowest BCUT2D eigenvalue weighted by Crippen LogP contribution is -2.33. The summed E-state index contributed by atoms with van der Waals surface area (Å²) in [6, 6.07) is 9.39. The number of ether oxygens (including phenoxy) is 3. The summed E-state index contributed by atoms with van der Waals surface area (Å²) in [4.78, 5) is 31.3. The Hall–Kier alpha value is -3.85. The second-order valence-corrected chi connectivity index (χ2v) is 9.40. The van der Waals surface area contributed by atoms with Crippen molar-refractivity contribution in [3.8, 4) is 28.5 Å². The molecule has 0 bridgehead atoms. The van der Waals surface area contributed by atoms with Crippen molar-refractivity contribution >= 4 is 40.0 Å². The molecular weight excluding hydrogens is 466 g/mol. The molecule has 0 atom stereocenters. The van der Waals surface area contributed by atoms with Gasteiger partial charge in [-0.15, -0.1) is 11.3 Å². The van der Waals surface area contributed by atoms with Crippen LogP contribution in [0.5, 0.6) is 17.2 Å². The number of methoxy groups -OCH3 is 3. The zero-order valence-electron chi connectivity index (χ0n) is 20.5. The van der Waals surface area contributed by atoms with Gasteiger partial charge in [0.2, 0.25) is 17.6 Å². The monoisotopic (exact) mass is 493 g/mol. The Balaban J connectivity index is 1.50. The number of thiazole rings is 1. The Morgan fingerprint density at radius 3 is 2.40 bits per heavy atom. The third kappa shape index (κ3) is 4.46. The molecule has 1 aromatic heterocycles. The van der Waals surface area contributed by atoms with Crippen LogP contribution in [0.25, 0.3) is 17.3 Å². The topological polar surface area (TPSA) is 90.0 Å². The molecule has 9 heteroatoms. The zero-order valence-corrected chi connectivity index (χ0v) is 21.3. The van der Waals surface area contributed by atoms with Crippen LogP contribution in [-0.4, -0.2) is 45.2 Å². The van der Waals surface area contributed by atoms with Crippen LogP contribution >= 0.6 is 11.3 Å². The predicted molar refractivity (Wildman–Crippen MR) is 138 cm³/mol. The first-order chi connectivity index (χ1) is 16.7. The number of likely N-dealkylation sites (N-methyl/N-ethyl adjacent to an activating group) is 1. The Kier molecular flexibility index (Phi) is 6.53. The molecule has 2 heterocycles. The largest absolute Gasteiger partial charge is 0.493 e. The Morgan fingerprint density at radius 2 is 1.77 bits per heavy atom. The molecule has 35 heavy (non-hydrogen) atoms. The number of carbonyl (C=O) groups excluding carboxylic acids is 2. The van der Waals surface area contributed by atoms with E-state index in [-0.39, 0.29) is 11.8 Å². The molecule has 0 fully saturated rings. The highest BCUT2D eigenvalue weighted by Gasteiger charge is 2.42. The van der Waals surface area contributed by atoms with Crippen molar-refractivity contribution in [3.63, 3.8) is 0 Å². The molecular formula is C26H27N3O5S. The standard InChI is InChI=1S/C26H27N3O5S/c1-26(2)17-13-16(8-9-19(17)29(3)24(26)31)18-14-35-25(27-18)28-22(30)10-7-15-11-20(32-4)23(34-6)21(12-15)33-5/h7-14H,1-6H3,(H,27,28,30)/b10-7+. The minimum absolute atomic E-state index is 0.0646. The van der Waals surface area contributed by atoms with Crippen LogP contribution in [0.15, 0.2) is 41.8 Å². The maximum atomic E-state index is 12.6. The number of amides is 2. The van der Waals surface area contributed by atoms with Gasteiger partial charge in [0.15, 0.2) is 16.6 Å². The van der Waals surface area contributed by atoms with Gasteiger partial charge in [-0.2, -0.15) is 0 Å². The normalized spacial score (nSPS) is 14.2. The fraction of sp³-hybridized carbons (Fsp3) is 0.269. The van der Waals surface area contributed by atoms with Gasteiger partial charge in [-0.1, -0.05) is 6.07 Å². The van der Waals surface area contributed by atoms with Crippen molar-refractivity contribution in [3.05, 3.63) is 52.9 Å². The van der Waals surface area contributed by atoms with Crippen molar-refractivity contribution in [1.29, 1.82) is 0 Å². The number of nitrogens with one attached hydrogen (secondary N) is 1. The summed E-state index contributed by atoms with van der Waals surface area (Å²) in [5.41, 5.74) is 3.63. The van der Waals surface area contributed by atoms with E-state index >= 15 is 0 Å².